The Kier molecular flexibility index (Phi) is 8.76. The van der Waals surface area contributed by atoms with E-state index in [0.29, 0.717) is 41.9 Å². The molecule has 2 heterocycles. The first-order valence-electron chi connectivity index (χ1n) is 13.2. The Morgan fingerprint density at radius 3 is 2.62 bits per heavy atom. The third-order valence-corrected chi connectivity index (χ3v) is 7.57. The molecule has 9 nitrogen and oxygen atoms in total. The van der Waals surface area contributed by atoms with E-state index in [1.165, 1.54) is 6.07 Å². The van der Waals surface area contributed by atoms with Gasteiger partial charge in [-0.2, -0.15) is 4.98 Å². The van der Waals surface area contributed by atoms with Crippen LogP contribution in [0.4, 0.5) is 16.1 Å². The molecule has 1 saturated heterocycles. The first-order chi connectivity index (χ1) is 18.9. The summed E-state index contributed by atoms with van der Waals surface area (Å²) in [5.41, 5.74) is 1.02. The Bertz CT molecular complexity index is 1320. The monoisotopic (exact) mass is 559 g/mol. The van der Waals surface area contributed by atoms with E-state index in [2.05, 4.69) is 10.3 Å². The summed E-state index contributed by atoms with van der Waals surface area (Å²) in [6.45, 7) is 1.36. The van der Waals surface area contributed by atoms with E-state index < -0.39 is 18.2 Å². The van der Waals surface area contributed by atoms with Gasteiger partial charge in [0.15, 0.2) is 17.2 Å². The van der Waals surface area contributed by atoms with Gasteiger partial charge in [-0.15, -0.1) is 0 Å². The van der Waals surface area contributed by atoms with Crippen molar-refractivity contribution in [3.63, 3.8) is 0 Å². The van der Waals surface area contributed by atoms with E-state index in [4.69, 9.17) is 25.5 Å². The molecule has 5 rings (SSSR count). The van der Waals surface area contributed by atoms with E-state index in [-0.39, 0.29) is 48.0 Å². The van der Waals surface area contributed by atoms with Gasteiger partial charge in [0.1, 0.15) is 12.1 Å². The average molecular weight is 560 g/mol. The fraction of sp³-hybridized carbons (Fsp3) is 0.464. The van der Waals surface area contributed by atoms with Gasteiger partial charge < -0.3 is 24.3 Å². The second kappa shape index (κ2) is 12.4. The maximum Gasteiger partial charge on any atom is 0.306 e. The smallest absolute Gasteiger partial charge is 0.306 e. The normalized spacial score (nSPS) is 20.8. The molecule has 0 radical (unpaired) electrons. The molecule has 208 valence electrons. The first-order valence-corrected chi connectivity index (χ1v) is 13.6. The molecular formula is C28H31ClFN3O6. The number of halogens is 2. The molecular weight excluding hydrogens is 529 g/mol. The van der Waals surface area contributed by atoms with Crippen molar-refractivity contribution in [1.29, 1.82) is 0 Å². The molecule has 1 saturated carbocycles. The van der Waals surface area contributed by atoms with Crippen LogP contribution in [0.3, 0.4) is 0 Å². The molecule has 1 aliphatic heterocycles. The minimum absolute atomic E-state index is 0.0500. The Labute approximate surface area is 230 Å². The summed E-state index contributed by atoms with van der Waals surface area (Å²) in [7, 11) is 0. The van der Waals surface area contributed by atoms with Crippen LogP contribution in [-0.2, 0) is 25.5 Å². The molecule has 39 heavy (non-hydrogen) atoms. The van der Waals surface area contributed by atoms with Crippen LogP contribution in [0.25, 0.3) is 11.1 Å². The van der Waals surface area contributed by atoms with Crippen molar-refractivity contribution in [1.82, 2.24) is 9.88 Å². The lowest BCUT2D eigenvalue weighted by Crippen LogP contribution is -2.42. The van der Waals surface area contributed by atoms with Crippen LogP contribution < -0.4 is 5.32 Å². The lowest BCUT2D eigenvalue weighted by atomic mass is 9.87. The molecule has 2 aliphatic rings. The summed E-state index contributed by atoms with van der Waals surface area (Å²) in [6, 6.07) is 10.3. The number of benzene rings is 2. The van der Waals surface area contributed by atoms with Crippen LogP contribution in [0.2, 0.25) is 5.02 Å². The topological polar surface area (TPSA) is 114 Å². The van der Waals surface area contributed by atoms with Gasteiger partial charge in [0.05, 0.1) is 22.7 Å². The number of Topliss-reactive ketones (excluding diaryl/α,β-unsaturated/α-hetero) is 1. The fourth-order valence-electron chi connectivity index (χ4n) is 5.09. The van der Waals surface area contributed by atoms with Gasteiger partial charge in [-0.25, -0.2) is 4.39 Å². The molecule has 2 N–H and O–H groups in total. The second-order valence-electron chi connectivity index (χ2n) is 10.0. The van der Waals surface area contributed by atoms with Crippen LogP contribution in [0.5, 0.6) is 0 Å². The van der Waals surface area contributed by atoms with Crippen LogP contribution in [-0.4, -0.2) is 59.0 Å². The van der Waals surface area contributed by atoms with Crippen molar-refractivity contribution in [3.05, 3.63) is 52.8 Å². The summed E-state index contributed by atoms with van der Waals surface area (Å²) >= 11 is 6.16. The number of likely N-dealkylation sites (tertiary alicyclic amines) is 1. The number of carbonyl (C=O) groups excluding carboxylic acids is 1. The van der Waals surface area contributed by atoms with E-state index in [9.17, 15) is 14.7 Å². The maximum atomic E-state index is 15.2. The van der Waals surface area contributed by atoms with Crippen molar-refractivity contribution in [2.75, 3.05) is 25.0 Å². The number of carboxylic acids is 1. The van der Waals surface area contributed by atoms with Crippen LogP contribution >= 0.6 is 11.6 Å². The zero-order valence-corrected chi connectivity index (χ0v) is 22.2. The molecule has 1 aromatic heterocycles. The lowest BCUT2D eigenvalue weighted by Gasteiger charge is -2.33. The molecule has 1 atom stereocenters. The highest BCUT2D eigenvalue weighted by atomic mass is 35.5. The number of rotatable bonds is 11. The van der Waals surface area contributed by atoms with E-state index in [0.717, 1.165) is 25.9 Å². The highest BCUT2D eigenvalue weighted by molar-refractivity contribution is 6.33. The number of aliphatic carboxylic acids is 1. The van der Waals surface area contributed by atoms with Gasteiger partial charge in [0.2, 0.25) is 6.41 Å². The molecule has 0 bridgehead atoms. The van der Waals surface area contributed by atoms with Gasteiger partial charge in [-0.3, -0.25) is 14.5 Å². The van der Waals surface area contributed by atoms with Crippen LogP contribution in [0.15, 0.2) is 40.8 Å². The molecule has 1 unspecified atom stereocenters. The zero-order chi connectivity index (χ0) is 27.4. The largest absolute Gasteiger partial charge is 0.481 e. The number of nitrogens with one attached hydrogen (secondary N) is 1. The summed E-state index contributed by atoms with van der Waals surface area (Å²) in [4.78, 5) is 30.4. The fourth-order valence-corrected chi connectivity index (χ4v) is 5.27. The van der Waals surface area contributed by atoms with Gasteiger partial charge in [0, 0.05) is 19.5 Å². The lowest BCUT2D eigenvalue weighted by molar-refractivity contribution is -0.243. The van der Waals surface area contributed by atoms with Crippen molar-refractivity contribution in [3.8, 4) is 0 Å². The van der Waals surface area contributed by atoms with Crippen molar-refractivity contribution in [2.45, 2.75) is 57.5 Å². The Balaban J connectivity index is 1.20. The molecule has 2 aromatic carbocycles. The van der Waals surface area contributed by atoms with Gasteiger partial charge in [-0.1, -0.05) is 29.8 Å². The summed E-state index contributed by atoms with van der Waals surface area (Å²) in [6.07, 6.45) is 3.42. The predicted molar refractivity (Wildman–Crippen MR) is 142 cm³/mol. The predicted octanol–water partition coefficient (Wildman–Crippen LogP) is 5.53. The standard InChI is InChI=1S/C28H31ClFN3O6/c29-21-5-1-2-6-22(21)31-27-32-23-12-9-18(24(30)25(23)39-27)15-19(34)16-37-28(33-13-3-4-14-33)38-20-10-7-17(8-11-20)26(35)36/h1-2,5-6,9,12,17,20,28H,3-4,7-8,10-11,13-16H2,(H,31,32)(H,35,36). The van der Waals surface area contributed by atoms with Crippen molar-refractivity contribution >= 4 is 46.2 Å². The number of nitrogens with zero attached hydrogens (tertiary/aromatic N) is 2. The Morgan fingerprint density at radius 1 is 1.15 bits per heavy atom. The van der Waals surface area contributed by atoms with Gasteiger partial charge in [0.25, 0.3) is 6.01 Å². The molecule has 1 aliphatic carbocycles. The SMILES string of the molecule is O=C(COC(OC1CCC(C(=O)O)CC1)N1CCCC1)Cc1ccc2nc(Nc3ccccc3Cl)oc2c1F. The minimum atomic E-state index is -0.768. The van der Waals surface area contributed by atoms with Gasteiger partial charge in [-0.05, 0) is 62.3 Å². The summed E-state index contributed by atoms with van der Waals surface area (Å²) in [5.74, 6) is -2.06. The van der Waals surface area contributed by atoms with Crippen molar-refractivity contribution < 1.29 is 33.0 Å². The van der Waals surface area contributed by atoms with Crippen LogP contribution in [0, 0.1) is 11.7 Å². The Morgan fingerprint density at radius 2 is 1.90 bits per heavy atom. The first kappa shape index (κ1) is 27.5. The number of ether oxygens (including phenoxy) is 2. The molecule has 0 amide bonds. The maximum absolute atomic E-state index is 15.2. The molecule has 3 aromatic rings. The van der Waals surface area contributed by atoms with E-state index in [1.54, 1.807) is 30.3 Å². The molecule has 11 heteroatoms. The third kappa shape index (κ3) is 6.75. The number of fused-ring (bicyclic) bond motifs is 1. The number of carbonyl (C=O) groups is 2. The quantitative estimate of drug-likeness (QED) is 0.292. The van der Waals surface area contributed by atoms with Gasteiger partial charge >= 0.3 is 5.97 Å². The summed E-state index contributed by atoms with van der Waals surface area (Å²) < 4.78 is 32.9. The minimum Gasteiger partial charge on any atom is -0.481 e. The number of anilines is 2. The number of para-hydroxylation sites is 1. The number of ketones is 1. The number of carboxylic acid groups (broad SMARTS) is 1. The number of hydrogen-bond acceptors (Lipinski definition) is 8. The number of oxazole rings is 1. The molecule has 0 spiro atoms. The third-order valence-electron chi connectivity index (χ3n) is 7.24. The zero-order valence-electron chi connectivity index (χ0n) is 21.4. The molecule has 2 fully saturated rings. The average Bonchev–Trinajstić information content (AvgIpc) is 3.61. The second-order valence-corrected chi connectivity index (χ2v) is 10.4. The van der Waals surface area contributed by atoms with Crippen molar-refractivity contribution in [2.24, 2.45) is 5.92 Å². The Hall–Kier alpha value is -3.05. The summed E-state index contributed by atoms with van der Waals surface area (Å²) in [5, 5.41) is 12.6. The highest BCUT2D eigenvalue weighted by Gasteiger charge is 2.31. The number of hydrogen-bond donors (Lipinski definition) is 2. The van der Waals surface area contributed by atoms with Crippen LogP contribution in [0.1, 0.15) is 44.1 Å². The number of aromatic nitrogens is 1. The van der Waals surface area contributed by atoms with E-state index >= 15 is 4.39 Å². The van der Waals surface area contributed by atoms with E-state index in [1.807, 2.05) is 4.90 Å². The highest BCUT2D eigenvalue weighted by Crippen LogP contribution is 2.30.